The number of amidine groups is 1. The number of nitrogens with zero attached hydrogens (tertiary/aromatic N) is 1. The van der Waals surface area contributed by atoms with Crippen molar-refractivity contribution in [2.24, 2.45) is 10.9 Å². The van der Waals surface area contributed by atoms with Gasteiger partial charge in [0.2, 0.25) is 0 Å². The quantitative estimate of drug-likeness (QED) is 0.649. The molecule has 2 aromatic rings. The van der Waals surface area contributed by atoms with Gasteiger partial charge in [0.15, 0.2) is 0 Å². The van der Waals surface area contributed by atoms with Crippen LogP contribution in [0.1, 0.15) is 42.7 Å². The zero-order valence-electron chi connectivity index (χ0n) is 14.7. The van der Waals surface area contributed by atoms with Crippen molar-refractivity contribution >= 4 is 11.9 Å². The van der Waals surface area contributed by atoms with Gasteiger partial charge >= 0.3 is 0 Å². The van der Waals surface area contributed by atoms with Gasteiger partial charge in [-0.25, -0.2) is 9.38 Å². The summed E-state index contributed by atoms with van der Waals surface area (Å²) >= 11 is 0. The van der Waals surface area contributed by atoms with E-state index in [2.05, 4.69) is 10.3 Å². The van der Waals surface area contributed by atoms with Gasteiger partial charge in [-0.05, 0) is 36.6 Å². The van der Waals surface area contributed by atoms with Crippen molar-refractivity contribution in [1.29, 1.82) is 0 Å². The molecule has 0 spiro atoms. The highest BCUT2D eigenvalue weighted by Crippen LogP contribution is 2.16. The molecule has 1 amide bonds. The molecule has 2 aromatic carbocycles. The zero-order valence-corrected chi connectivity index (χ0v) is 14.7. The molecule has 1 N–H and O–H groups in total. The second-order valence-corrected chi connectivity index (χ2v) is 6.19. The van der Waals surface area contributed by atoms with Crippen molar-refractivity contribution in [2.45, 2.75) is 26.8 Å². The normalized spacial score (nSPS) is 12.8. The molecule has 0 heterocycles. The molecule has 1 atom stereocenters. The summed E-state index contributed by atoms with van der Waals surface area (Å²) in [6.45, 7) is 6.35. The minimum atomic E-state index is -0.466. The van der Waals surface area contributed by atoms with E-state index >= 15 is 0 Å². The van der Waals surface area contributed by atoms with Crippen LogP contribution in [0.15, 0.2) is 59.6 Å². The van der Waals surface area contributed by atoms with Gasteiger partial charge in [0.1, 0.15) is 5.82 Å². The summed E-state index contributed by atoms with van der Waals surface area (Å²) in [5.41, 5.74) is 1.22. The third-order valence-corrected chi connectivity index (χ3v) is 3.45. The first kappa shape index (κ1) is 18.6. The van der Waals surface area contributed by atoms with Crippen LogP contribution in [0, 0.1) is 11.7 Å². The standard InChI is InChI=1S/C20H23FN2O2/c1-14(2)13-25-20(22-15(3)16-8-5-4-6-9-16)23-19(24)17-10-7-11-18(21)12-17/h4-12,14-15H,13H2,1-3H3,(H,22,23,24). The maximum absolute atomic E-state index is 13.3. The second kappa shape index (κ2) is 8.97. The van der Waals surface area contributed by atoms with Crippen molar-refractivity contribution in [2.75, 3.05) is 6.61 Å². The average Bonchev–Trinajstić information content (AvgIpc) is 2.60. The summed E-state index contributed by atoms with van der Waals surface area (Å²) in [7, 11) is 0. The lowest BCUT2D eigenvalue weighted by atomic mass is 10.1. The molecule has 0 aliphatic heterocycles. The molecular formula is C20H23FN2O2. The Bertz CT molecular complexity index is 729. The maximum Gasteiger partial charge on any atom is 0.292 e. The molecule has 132 valence electrons. The number of carbonyl (C=O) groups is 1. The predicted octanol–water partition coefficient (Wildman–Crippen LogP) is 4.35. The van der Waals surface area contributed by atoms with Gasteiger partial charge in [-0.15, -0.1) is 0 Å². The molecule has 0 aliphatic carbocycles. The number of halogens is 1. The van der Waals surface area contributed by atoms with Gasteiger partial charge in [0, 0.05) is 5.56 Å². The van der Waals surface area contributed by atoms with Gasteiger partial charge in [-0.1, -0.05) is 50.2 Å². The SMILES string of the molecule is CC(C)COC(=NC(C)c1ccccc1)NC(=O)c1cccc(F)c1. The monoisotopic (exact) mass is 342 g/mol. The Hall–Kier alpha value is -2.69. The molecule has 0 aromatic heterocycles. The number of aliphatic imine (C=N–C) groups is 1. The fraction of sp³-hybridized carbons (Fsp3) is 0.300. The third kappa shape index (κ3) is 6.03. The first-order chi connectivity index (χ1) is 12.0. The number of benzene rings is 2. The number of ether oxygens (including phenoxy) is 1. The van der Waals surface area contributed by atoms with Crippen LogP contribution in [0.25, 0.3) is 0 Å². The molecule has 2 rings (SSSR count). The second-order valence-electron chi connectivity index (χ2n) is 6.19. The van der Waals surface area contributed by atoms with Gasteiger partial charge in [0.25, 0.3) is 11.9 Å². The van der Waals surface area contributed by atoms with Crippen LogP contribution in [-0.4, -0.2) is 18.5 Å². The van der Waals surface area contributed by atoms with E-state index in [0.717, 1.165) is 5.56 Å². The largest absolute Gasteiger partial charge is 0.465 e. The summed E-state index contributed by atoms with van der Waals surface area (Å²) in [5.74, 6) is -0.641. The lowest BCUT2D eigenvalue weighted by Gasteiger charge is -2.15. The lowest BCUT2D eigenvalue weighted by Crippen LogP contribution is -2.33. The molecule has 4 nitrogen and oxygen atoms in total. The number of nitrogens with one attached hydrogen (secondary N) is 1. The molecule has 0 radical (unpaired) electrons. The fourth-order valence-electron chi connectivity index (χ4n) is 2.13. The number of hydrogen-bond acceptors (Lipinski definition) is 3. The molecule has 0 aliphatic rings. The number of rotatable bonds is 5. The van der Waals surface area contributed by atoms with Gasteiger partial charge in [-0.3, -0.25) is 10.1 Å². The van der Waals surface area contributed by atoms with Crippen LogP contribution in [0.3, 0.4) is 0 Å². The number of hydrogen-bond donors (Lipinski definition) is 1. The van der Waals surface area contributed by atoms with E-state index in [1.807, 2.05) is 51.1 Å². The summed E-state index contributed by atoms with van der Waals surface area (Å²) in [4.78, 5) is 16.8. The van der Waals surface area contributed by atoms with Crippen molar-refractivity contribution in [3.63, 3.8) is 0 Å². The molecule has 0 saturated heterocycles. The Kier molecular flexibility index (Phi) is 6.69. The predicted molar refractivity (Wildman–Crippen MR) is 96.9 cm³/mol. The highest BCUT2D eigenvalue weighted by molar-refractivity contribution is 6.04. The Morgan fingerprint density at radius 1 is 1.12 bits per heavy atom. The van der Waals surface area contributed by atoms with Gasteiger partial charge in [0.05, 0.1) is 12.6 Å². The number of carbonyl (C=O) groups excluding carboxylic acids is 1. The summed E-state index contributed by atoms with van der Waals surface area (Å²) < 4.78 is 19.0. The van der Waals surface area contributed by atoms with Crippen LogP contribution in [0.2, 0.25) is 0 Å². The maximum atomic E-state index is 13.3. The van der Waals surface area contributed by atoms with Crippen LogP contribution in [0.4, 0.5) is 4.39 Å². The van der Waals surface area contributed by atoms with E-state index in [-0.39, 0.29) is 23.5 Å². The summed E-state index contributed by atoms with van der Waals surface area (Å²) in [5, 5.41) is 2.64. The number of amides is 1. The topological polar surface area (TPSA) is 50.7 Å². The fourth-order valence-corrected chi connectivity index (χ4v) is 2.13. The van der Waals surface area contributed by atoms with Crippen molar-refractivity contribution in [3.8, 4) is 0 Å². The first-order valence-electron chi connectivity index (χ1n) is 8.28. The average molecular weight is 342 g/mol. The van der Waals surface area contributed by atoms with E-state index in [1.54, 1.807) is 6.07 Å². The Balaban J connectivity index is 2.17. The summed E-state index contributed by atoms with van der Waals surface area (Å²) in [6, 6.07) is 15.2. The van der Waals surface area contributed by atoms with Crippen molar-refractivity contribution < 1.29 is 13.9 Å². The molecule has 0 fully saturated rings. The van der Waals surface area contributed by atoms with Crippen LogP contribution in [0.5, 0.6) is 0 Å². The van der Waals surface area contributed by atoms with Crippen molar-refractivity contribution in [1.82, 2.24) is 5.32 Å². The van der Waals surface area contributed by atoms with Crippen LogP contribution < -0.4 is 5.32 Å². The highest BCUT2D eigenvalue weighted by Gasteiger charge is 2.13. The van der Waals surface area contributed by atoms with Crippen LogP contribution in [-0.2, 0) is 4.74 Å². The molecule has 1 unspecified atom stereocenters. The van der Waals surface area contributed by atoms with E-state index in [0.29, 0.717) is 6.61 Å². The van der Waals surface area contributed by atoms with E-state index in [4.69, 9.17) is 4.74 Å². The molecule has 0 bridgehead atoms. The molecular weight excluding hydrogens is 319 g/mol. The molecule has 25 heavy (non-hydrogen) atoms. The zero-order chi connectivity index (χ0) is 18.2. The smallest absolute Gasteiger partial charge is 0.292 e. The van der Waals surface area contributed by atoms with E-state index in [9.17, 15) is 9.18 Å². The lowest BCUT2D eigenvalue weighted by molar-refractivity contribution is 0.0962. The minimum absolute atomic E-state index is 0.138. The minimum Gasteiger partial charge on any atom is -0.465 e. The first-order valence-corrected chi connectivity index (χ1v) is 8.28. The van der Waals surface area contributed by atoms with E-state index < -0.39 is 11.7 Å². The Morgan fingerprint density at radius 2 is 1.84 bits per heavy atom. The third-order valence-electron chi connectivity index (χ3n) is 3.45. The molecule has 5 heteroatoms. The van der Waals surface area contributed by atoms with Gasteiger partial charge in [-0.2, -0.15) is 0 Å². The Morgan fingerprint density at radius 3 is 2.48 bits per heavy atom. The Labute approximate surface area is 147 Å². The summed E-state index contributed by atoms with van der Waals surface area (Å²) in [6.07, 6.45) is 0. The van der Waals surface area contributed by atoms with Gasteiger partial charge < -0.3 is 4.74 Å². The van der Waals surface area contributed by atoms with Crippen LogP contribution >= 0.6 is 0 Å². The van der Waals surface area contributed by atoms with Crippen molar-refractivity contribution in [3.05, 3.63) is 71.5 Å². The van der Waals surface area contributed by atoms with E-state index in [1.165, 1.54) is 18.2 Å². The molecule has 0 saturated carbocycles. The highest BCUT2D eigenvalue weighted by atomic mass is 19.1.